The molecule has 0 amide bonds. The van der Waals surface area contributed by atoms with E-state index in [1.807, 2.05) is 28.8 Å². The first-order chi connectivity index (χ1) is 11.8. The maximum Gasteiger partial charge on any atom is 0.222 e. The van der Waals surface area contributed by atoms with Gasteiger partial charge in [-0.05, 0) is 17.7 Å². The molecule has 0 aliphatic heterocycles. The van der Waals surface area contributed by atoms with Gasteiger partial charge in [-0.3, -0.25) is 0 Å². The van der Waals surface area contributed by atoms with Crippen LogP contribution >= 0.6 is 0 Å². The first-order valence-corrected chi connectivity index (χ1v) is 9.43. The summed E-state index contributed by atoms with van der Waals surface area (Å²) in [5, 5.41) is 14.0. The van der Waals surface area contributed by atoms with Gasteiger partial charge in [0.2, 0.25) is 5.88 Å². The van der Waals surface area contributed by atoms with Crippen molar-refractivity contribution in [1.29, 1.82) is 0 Å². The molecule has 0 saturated carbocycles. The quantitative estimate of drug-likeness (QED) is 0.349. The van der Waals surface area contributed by atoms with Crippen LogP contribution in [0.25, 0.3) is 10.9 Å². The summed E-state index contributed by atoms with van der Waals surface area (Å²) in [7, 11) is 0. The summed E-state index contributed by atoms with van der Waals surface area (Å²) in [6.45, 7) is 2.98. The lowest BCUT2D eigenvalue weighted by atomic mass is 10.1. The number of nitrogens with zero attached hydrogens (tertiary/aromatic N) is 2. The van der Waals surface area contributed by atoms with Gasteiger partial charge in [0.1, 0.15) is 0 Å². The zero-order chi connectivity index (χ0) is 17.2. The van der Waals surface area contributed by atoms with E-state index in [9.17, 15) is 10.0 Å². The Hall–Kier alpha value is -1.84. The first-order valence-electron chi connectivity index (χ1n) is 9.43. The largest absolute Gasteiger partial charge is 0.493 e. The van der Waals surface area contributed by atoms with Gasteiger partial charge >= 0.3 is 0 Å². The van der Waals surface area contributed by atoms with E-state index in [1.165, 1.54) is 51.4 Å². The molecule has 1 heterocycles. The number of aryl methyl sites for hydroxylation is 1. The van der Waals surface area contributed by atoms with E-state index in [4.69, 9.17) is 0 Å². The molecule has 2 aromatic rings. The van der Waals surface area contributed by atoms with Crippen molar-refractivity contribution in [3.8, 4) is 5.88 Å². The van der Waals surface area contributed by atoms with Gasteiger partial charge in [0.25, 0.3) is 0 Å². The third kappa shape index (κ3) is 4.83. The molecule has 4 heteroatoms. The van der Waals surface area contributed by atoms with Gasteiger partial charge in [-0.15, -0.1) is 4.91 Å². The second kappa shape index (κ2) is 10.1. The van der Waals surface area contributed by atoms with Crippen LogP contribution < -0.4 is 0 Å². The van der Waals surface area contributed by atoms with Gasteiger partial charge < -0.3 is 9.67 Å². The Bertz CT molecular complexity index is 634. The Morgan fingerprint density at radius 2 is 1.50 bits per heavy atom. The van der Waals surface area contributed by atoms with Crippen molar-refractivity contribution in [3.63, 3.8) is 0 Å². The molecular weight excluding hydrogens is 300 g/mol. The molecule has 1 aromatic heterocycles. The predicted octanol–water partition coefficient (Wildman–Crippen LogP) is 6.67. The van der Waals surface area contributed by atoms with E-state index in [1.54, 1.807) is 0 Å². The molecule has 0 radical (unpaired) electrons. The summed E-state index contributed by atoms with van der Waals surface area (Å²) in [6, 6.07) is 7.55. The third-order valence-corrected chi connectivity index (χ3v) is 4.74. The zero-order valence-electron chi connectivity index (χ0n) is 14.8. The molecular formula is C20H30N2O2. The van der Waals surface area contributed by atoms with Gasteiger partial charge in [-0.2, -0.15) is 0 Å². The molecule has 1 N–H and O–H groups in total. The second-order valence-corrected chi connectivity index (χ2v) is 6.61. The number of para-hydroxylation sites is 1. The lowest BCUT2D eigenvalue weighted by Gasteiger charge is -2.07. The van der Waals surface area contributed by atoms with Crippen LogP contribution in [0.15, 0.2) is 29.4 Å². The standard InChI is InChI=1S/C20H30N2O2/c1-2-3-4-5-6-7-8-9-10-13-16-22-18-15-12-11-14-17(18)19(21-24)20(22)23/h11-12,14-15,23H,2-10,13,16H2,1H3. The molecule has 0 spiro atoms. The average Bonchev–Trinajstić information content (AvgIpc) is 2.88. The molecule has 0 unspecified atom stereocenters. The van der Waals surface area contributed by atoms with Gasteiger partial charge in [0.15, 0.2) is 5.69 Å². The second-order valence-electron chi connectivity index (χ2n) is 6.61. The van der Waals surface area contributed by atoms with Crippen molar-refractivity contribution in [3.05, 3.63) is 29.2 Å². The molecule has 4 nitrogen and oxygen atoms in total. The molecule has 0 aliphatic carbocycles. The number of benzene rings is 1. The molecule has 0 fully saturated rings. The van der Waals surface area contributed by atoms with Crippen LogP contribution in [0.5, 0.6) is 5.88 Å². The number of unbranched alkanes of at least 4 members (excludes halogenated alkanes) is 9. The monoisotopic (exact) mass is 330 g/mol. The summed E-state index contributed by atoms with van der Waals surface area (Å²) in [5.41, 5.74) is 1.05. The molecule has 132 valence electrons. The zero-order valence-corrected chi connectivity index (χ0v) is 14.8. The number of hydrogen-bond acceptors (Lipinski definition) is 3. The average molecular weight is 330 g/mol. The molecule has 0 saturated heterocycles. The van der Waals surface area contributed by atoms with Crippen molar-refractivity contribution in [1.82, 2.24) is 4.57 Å². The number of fused-ring (bicyclic) bond motifs is 1. The van der Waals surface area contributed by atoms with Crippen molar-refractivity contribution < 1.29 is 5.11 Å². The van der Waals surface area contributed by atoms with Crippen molar-refractivity contribution in [2.75, 3.05) is 0 Å². The Kier molecular flexibility index (Phi) is 7.80. The van der Waals surface area contributed by atoms with Crippen LogP contribution in [-0.4, -0.2) is 9.67 Å². The van der Waals surface area contributed by atoms with Crippen LogP contribution in [0.3, 0.4) is 0 Å². The van der Waals surface area contributed by atoms with Crippen molar-refractivity contribution >= 4 is 16.6 Å². The Morgan fingerprint density at radius 3 is 2.12 bits per heavy atom. The molecule has 2 rings (SSSR count). The van der Waals surface area contributed by atoms with Crippen LogP contribution in [0, 0.1) is 4.91 Å². The Labute approximate surface area is 144 Å². The van der Waals surface area contributed by atoms with Crippen LogP contribution in [0.2, 0.25) is 0 Å². The summed E-state index contributed by atoms with van der Waals surface area (Å²) >= 11 is 0. The minimum Gasteiger partial charge on any atom is -0.493 e. The normalized spacial score (nSPS) is 11.2. The smallest absolute Gasteiger partial charge is 0.222 e. The van der Waals surface area contributed by atoms with E-state index < -0.39 is 0 Å². The maximum atomic E-state index is 11.0. The van der Waals surface area contributed by atoms with E-state index in [-0.39, 0.29) is 11.6 Å². The topological polar surface area (TPSA) is 54.6 Å². The van der Waals surface area contributed by atoms with Crippen LogP contribution in [0.1, 0.15) is 71.1 Å². The SMILES string of the molecule is CCCCCCCCCCCCn1c(O)c(N=O)c2ccccc21. The summed E-state index contributed by atoms with van der Waals surface area (Å²) in [4.78, 5) is 11.0. The van der Waals surface area contributed by atoms with Gasteiger partial charge in [0, 0.05) is 11.9 Å². The number of nitroso groups, excluding NO2 is 1. The van der Waals surface area contributed by atoms with Crippen LogP contribution in [0.4, 0.5) is 5.69 Å². The lowest BCUT2D eigenvalue weighted by molar-refractivity contribution is 0.415. The highest BCUT2D eigenvalue weighted by Gasteiger charge is 2.16. The fraction of sp³-hybridized carbons (Fsp3) is 0.600. The number of aromatic nitrogens is 1. The van der Waals surface area contributed by atoms with Crippen molar-refractivity contribution in [2.24, 2.45) is 5.18 Å². The maximum absolute atomic E-state index is 11.0. The highest BCUT2D eigenvalue weighted by molar-refractivity contribution is 5.94. The fourth-order valence-electron chi connectivity index (χ4n) is 3.35. The van der Waals surface area contributed by atoms with Crippen LogP contribution in [-0.2, 0) is 6.54 Å². The Morgan fingerprint density at radius 1 is 0.917 bits per heavy atom. The van der Waals surface area contributed by atoms with E-state index in [2.05, 4.69) is 12.1 Å². The summed E-state index contributed by atoms with van der Waals surface area (Å²) < 4.78 is 1.82. The molecule has 1 aromatic carbocycles. The fourth-order valence-corrected chi connectivity index (χ4v) is 3.35. The lowest BCUT2D eigenvalue weighted by Crippen LogP contribution is -1.97. The van der Waals surface area contributed by atoms with Crippen molar-refractivity contribution in [2.45, 2.75) is 77.7 Å². The van der Waals surface area contributed by atoms with Gasteiger partial charge in [-0.1, -0.05) is 82.9 Å². The minimum absolute atomic E-state index is 0.00197. The molecule has 0 bridgehead atoms. The highest BCUT2D eigenvalue weighted by atomic mass is 16.3. The molecule has 0 aliphatic rings. The minimum atomic E-state index is 0.00197. The molecule has 24 heavy (non-hydrogen) atoms. The van der Waals surface area contributed by atoms with E-state index >= 15 is 0 Å². The van der Waals surface area contributed by atoms with Gasteiger partial charge in [-0.25, -0.2) is 0 Å². The Balaban J connectivity index is 1.72. The molecule has 0 atom stereocenters. The predicted molar refractivity (Wildman–Crippen MR) is 101 cm³/mol. The number of rotatable bonds is 12. The number of hydrogen-bond donors (Lipinski definition) is 1. The summed E-state index contributed by atoms with van der Waals surface area (Å²) in [6.07, 6.45) is 12.8. The summed E-state index contributed by atoms with van der Waals surface area (Å²) in [5.74, 6) is 0.00197. The number of aromatic hydroxyl groups is 1. The first kappa shape index (κ1) is 18.5. The highest BCUT2D eigenvalue weighted by Crippen LogP contribution is 2.38. The van der Waals surface area contributed by atoms with E-state index in [0.717, 1.165) is 30.3 Å². The van der Waals surface area contributed by atoms with Gasteiger partial charge in [0.05, 0.1) is 5.52 Å². The third-order valence-electron chi connectivity index (χ3n) is 4.74. The van der Waals surface area contributed by atoms with E-state index in [0.29, 0.717) is 0 Å².